The number of Topliss-reactive ketones (excluding diaryl/α,β-unsaturated/α-hetero) is 1. The van der Waals surface area contributed by atoms with Gasteiger partial charge in [0.2, 0.25) is 0 Å². The molecule has 144 valence electrons. The second-order valence-electron chi connectivity index (χ2n) is 7.82. The number of rotatable bonds is 5. The Morgan fingerprint density at radius 3 is 2.67 bits per heavy atom. The van der Waals surface area contributed by atoms with Crippen molar-refractivity contribution in [2.75, 3.05) is 0 Å². The number of sulfone groups is 1. The lowest BCUT2D eigenvalue weighted by atomic mass is 9.97. The molecule has 1 aromatic carbocycles. The standard InChI is InChI=1S/C19H22N2O5S/c1-19(2,23)10-16(22)15-8-13-14(20-15)9-18(21-13)27(24,25)12-3-4-17-11(7-12)5-6-26-17/h3-7,15,18,20-21,23H,8-10H2,1-2H3. The molecule has 0 saturated carbocycles. The molecule has 0 saturated heterocycles. The molecule has 7 nitrogen and oxygen atoms in total. The largest absolute Gasteiger partial charge is 0.464 e. The molecule has 2 aliphatic heterocycles. The molecule has 0 aliphatic carbocycles. The van der Waals surface area contributed by atoms with E-state index >= 15 is 0 Å². The fourth-order valence-corrected chi connectivity index (χ4v) is 5.21. The summed E-state index contributed by atoms with van der Waals surface area (Å²) in [6, 6.07) is 6.13. The zero-order valence-corrected chi connectivity index (χ0v) is 16.0. The average molecular weight is 390 g/mol. The highest BCUT2D eigenvalue weighted by atomic mass is 32.2. The van der Waals surface area contributed by atoms with E-state index in [-0.39, 0.29) is 23.5 Å². The number of hydrogen-bond acceptors (Lipinski definition) is 7. The minimum Gasteiger partial charge on any atom is -0.464 e. The topological polar surface area (TPSA) is 109 Å². The number of benzene rings is 1. The minimum absolute atomic E-state index is 0.0532. The van der Waals surface area contributed by atoms with E-state index in [4.69, 9.17) is 4.42 Å². The summed E-state index contributed by atoms with van der Waals surface area (Å²) in [6.45, 7) is 3.19. The highest BCUT2D eigenvalue weighted by Crippen LogP contribution is 2.33. The zero-order valence-electron chi connectivity index (χ0n) is 15.2. The Morgan fingerprint density at radius 2 is 1.96 bits per heavy atom. The maximum atomic E-state index is 13.0. The number of fused-ring (bicyclic) bond motifs is 1. The predicted molar refractivity (Wildman–Crippen MR) is 99.4 cm³/mol. The maximum absolute atomic E-state index is 13.0. The van der Waals surface area contributed by atoms with Crippen molar-refractivity contribution in [1.82, 2.24) is 10.6 Å². The molecule has 0 bridgehead atoms. The summed E-state index contributed by atoms with van der Waals surface area (Å²) in [5, 5.41) is 16.0. The van der Waals surface area contributed by atoms with Gasteiger partial charge in [0.15, 0.2) is 15.6 Å². The SMILES string of the molecule is CC(C)(O)CC(=O)C1CC2=C(CC(S(=O)(=O)c3ccc4occc4c3)N2)N1. The first kappa shape index (κ1) is 18.1. The number of carbonyl (C=O) groups excluding carboxylic acids is 1. The minimum atomic E-state index is -3.58. The molecule has 0 amide bonds. The number of ketones is 1. The van der Waals surface area contributed by atoms with Crippen LogP contribution in [-0.2, 0) is 14.6 Å². The maximum Gasteiger partial charge on any atom is 0.199 e. The first-order chi connectivity index (χ1) is 12.6. The number of nitrogens with one attached hydrogen (secondary N) is 2. The van der Waals surface area contributed by atoms with E-state index in [2.05, 4.69) is 10.6 Å². The highest BCUT2D eigenvalue weighted by Gasteiger charge is 2.41. The van der Waals surface area contributed by atoms with Crippen molar-refractivity contribution in [3.8, 4) is 0 Å². The summed E-state index contributed by atoms with van der Waals surface area (Å²) in [4.78, 5) is 12.5. The summed E-state index contributed by atoms with van der Waals surface area (Å²) < 4.78 is 31.2. The summed E-state index contributed by atoms with van der Waals surface area (Å²) in [6.07, 6.45) is 2.28. The highest BCUT2D eigenvalue weighted by molar-refractivity contribution is 7.92. The first-order valence-corrected chi connectivity index (χ1v) is 10.4. The number of furan rings is 1. The third-order valence-corrected chi connectivity index (χ3v) is 6.91. The Morgan fingerprint density at radius 1 is 1.22 bits per heavy atom. The van der Waals surface area contributed by atoms with E-state index < -0.39 is 26.9 Å². The molecule has 0 spiro atoms. The number of carbonyl (C=O) groups is 1. The van der Waals surface area contributed by atoms with E-state index in [9.17, 15) is 18.3 Å². The van der Waals surface area contributed by atoms with Crippen molar-refractivity contribution < 1.29 is 22.7 Å². The fraction of sp³-hybridized carbons (Fsp3) is 0.421. The van der Waals surface area contributed by atoms with Gasteiger partial charge in [0.1, 0.15) is 11.0 Å². The third-order valence-electron chi connectivity index (χ3n) is 4.97. The Labute approximate surface area is 157 Å². The number of aliphatic hydroxyl groups is 1. The summed E-state index contributed by atoms with van der Waals surface area (Å²) in [5.41, 5.74) is 1.12. The third kappa shape index (κ3) is 3.35. The van der Waals surface area contributed by atoms with Crippen LogP contribution in [0.4, 0.5) is 0 Å². The van der Waals surface area contributed by atoms with Crippen molar-refractivity contribution in [3.63, 3.8) is 0 Å². The van der Waals surface area contributed by atoms with E-state index in [1.54, 1.807) is 38.1 Å². The van der Waals surface area contributed by atoms with Crippen LogP contribution in [0.25, 0.3) is 11.0 Å². The monoisotopic (exact) mass is 390 g/mol. The lowest BCUT2D eigenvalue weighted by molar-refractivity contribution is -0.124. The summed E-state index contributed by atoms with van der Waals surface area (Å²) in [7, 11) is -3.58. The molecule has 2 atom stereocenters. The Kier molecular flexibility index (Phi) is 4.08. The van der Waals surface area contributed by atoms with Crippen LogP contribution < -0.4 is 10.6 Å². The van der Waals surface area contributed by atoms with Gasteiger partial charge in [-0.2, -0.15) is 0 Å². The lowest BCUT2D eigenvalue weighted by Crippen LogP contribution is -2.40. The van der Waals surface area contributed by atoms with E-state index in [0.717, 1.165) is 16.8 Å². The Hall–Kier alpha value is -2.32. The molecule has 2 aliphatic rings. The molecule has 1 aromatic heterocycles. The predicted octanol–water partition coefficient (Wildman–Crippen LogP) is 1.83. The van der Waals surface area contributed by atoms with Gasteiger partial charge < -0.3 is 20.2 Å². The smallest absolute Gasteiger partial charge is 0.199 e. The van der Waals surface area contributed by atoms with Crippen molar-refractivity contribution in [3.05, 3.63) is 41.9 Å². The van der Waals surface area contributed by atoms with Gasteiger partial charge in [-0.3, -0.25) is 4.79 Å². The van der Waals surface area contributed by atoms with Crippen molar-refractivity contribution >= 4 is 26.6 Å². The van der Waals surface area contributed by atoms with Crippen LogP contribution in [0.1, 0.15) is 33.1 Å². The summed E-state index contributed by atoms with van der Waals surface area (Å²) in [5.74, 6) is -0.0801. The van der Waals surface area contributed by atoms with Crippen LogP contribution >= 0.6 is 0 Å². The van der Waals surface area contributed by atoms with Crippen LogP contribution in [0, 0.1) is 0 Å². The Balaban J connectivity index is 1.46. The molecule has 0 radical (unpaired) electrons. The summed E-state index contributed by atoms with van der Waals surface area (Å²) >= 11 is 0. The second kappa shape index (κ2) is 6.10. The van der Waals surface area contributed by atoms with Gasteiger partial charge in [-0.25, -0.2) is 8.42 Å². The molecule has 3 N–H and O–H groups in total. The van der Waals surface area contributed by atoms with Gasteiger partial charge in [-0.1, -0.05) is 0 Å². The van der Waals surface area contributed by atoms with E-state index in [0.29, 0.717) is 12.0 Å². The van der Waals surface area contributed by atoms with Gasteiger partial charge in [0, 0.05) is 36.0 Å². The average Bonchev–Trinajstić information content (AvgIpc) is 3.26. The molecule has 4 rings (SSSR count). The van der Waals surface area contributed by atoms with Crippen LogP contribution in [0.3, 0.4) is 0 Å². The van der Waals surface area contributed by atoms with Gasteiger partial charge in [0.05, 0.1) is 22.8 Å². The molecule has 2 aromatic rings. The molecule has 27 heavy (non-hydrogen) atoms. The molecule has 3 heterocycles. The Bertz CT molecular complexity index is 1030. The van der Waals surface area contributed by atoms with Crippen LogP contribution in [0.2, 0.25) is 0 Å². The van der Waals surface area contributed by atoms with Gasteiger partial charge in [-0.05, 0) is 38.1 Å². The normalized spacial score (nSPS) is 22.6. The number of hydrogen-bond donors (Lipinski definition) is 3. The zero-order chi connectivity index (χ0) is 19.4. The molecule has 8 heteroatoms. The van der Waals surface area contributed by atoms with E-state index in [1.807, 2.05) is 0 Å². The van der Waals surface area contributed by atoms with Crippen LogP contribution in [0.5, 0.6) is 0 Å². The van der Waals surface area contributed by atoms with E-state index in [1.165, 1.54) is 6.26 Å². The van der Waals surface area contributed by atoms with Crippen LogP contribution in [-0.4, -0.2) is 36.3 Å². The van der Waals surface area contributed by atoms with Gasteiger partial charge in [-0.15, -0.1) is 0 Å². The second-order valence-corrected chi connectivity index (χ2v) is 9.95. The fourth-order valence-electron chi connectivity index (χ4n) is 3.65. The van der Waals surface area contributed by atoms with Crippen molar-refractivity contribution in [2.45, 2.75) is 55.0 Å². The lowest BCUT2D eigenvalue weighted by Gasteiger charge is -2.22. The van der Waals surface area contributed by atoms with Gasteiger partial charge in [0.25, 0.3) is 0 Å². The van der Waals surface area contributed by atoms with Crippen LogP contribution in [0.15, 0.2) is 51.2 Å². The first-order valence-electron chi connectivity index (χ1n) is 8.85. The molecule has 2 unspecified atom stereocenters. The van der Waals surface area contributed by atoms with Crippen molar-refractivity contribution in [2.24, 2.45) is 0 Å². The quantitative estimate of drug-likeness (QED) is 0.715. The van der Waals surface area contributed by atoms with Crippen molar-refractivity contribution in [1.29, 1.82) is 0 Å². The molecular formula is C19H22N2O5S. The van der Waals surface area contributed by atoms with Gasteiger partial charge >= 0.3 is 0 Å². The molecular weight excluding hydrogens is 368 g/mol. The molecule has 0 fully saturated rings.